The van der Waals surface area contributed by atoms with E-state index in [1.54, 1.807) is 60.7 Å². The molecule has 0 aliphatic rings. The van der Waals surface area contributed by atoms with Crippen molar-refractivity contribution in [2.24, 2.45) is 0 Å². The number of aliphatic hydroxyl groups excluding tert-OH is 1. The van der Waals surface area contributed by atoms with Crippen molar-refractivity contribution in [2.75, 3.05) is 6.61 Å². The highest BCUT2D eigenvalue weighted by Crippen LogP contribution is 2.27. The van der Waals surface area contributed by atoms with Crippen LogP contribution >= 0.6 is 0 Å². The summed E-state index contributed by atoms with van der Waals surface area (Å²) in [6.45, 7) is 16.3. The van der Waals surface area contributed by atoms with Crippen molar-refractivity contribution in [3.05, 3.63) is 142 Å². The molecule has 0 saturated carbocycles. The van der Waals surface area contributed by atoms with E-state index >= 15 is 0 Å². The van der Waals surface area contributed by atoms with Crippen molar-refractivity contribution in [1.29, 1.82) is 0 Å². The summed E-state index contributed by atoms with van der Waals surface area (Å²) < 4.78 is 55.1. The van der Waals surface area contributed by atoms with Gasteiger partial charge in [-0.25, -0.2) is 16.8 Å². The number of allylic oxidation sites excluding steroid dienone is 11. The van der Waals surface area contributed by atoms with E-state index in [1.165, 1.54) is 16.7 Å². The lowest BCUT2D eigenvalue weighted by Crippen LogP contribution is -2.20. The Balaban J connectivity index is 2.17. The predicted octanol–water partition coefficient (Wildman–Crippen LogP) is 12.2. The Hall–Kier alpha value is -3.52. The van der Waals surface area contributed by atoms with E-state index in [-0.39, 0.29) is 17.9 Å². The summed E-state index contributed by atoms with van der Waals surface area (Å²) in [6.07, 6.45) is 22.3. The van der Waals surface area contributed by atoms with E-state index in [9.17, 15) is 21.9 Å². The second kappa shape index (κ2) is 24.1. The average Bonchev–Trinajstić information content (AvgIpc) is 3.11. The molecule has 0 aromatic heterocycles. The van der Waals surface area contributed by atoms with Crippen LogP contribution < -0.4 is 0 Å². The Morgan fingerprint density at radius 3 is 1.19 bits per heavy atom. The van der Waals surface area contributed by atoms with E-state index in [0.717, 1.165) is 60.8 Å². The summed E-state index contributed by atoms with van der Waals surface area (Å²) >= 11 is 0. The van der Waals surface area contributed by atoms with Crippen molar-refractivity contribution < 1.29 is 21.9 Å². The molecule has 2 aromatic carbocycles. The molecule has 0 radical (unpaired) electrons. The van der Waals surface area contributed by atoms with E-state index in [2.05, 4.69) is 52.0 Å². The Morgan fingerprint density at radius 1 is 0.481 bits per heavy atom. The summed E-state index contributed by atoms with van der Waals surface area (Å²) in [5.41, 5.74) is 7.94. The van der Waals surface area contributed by atoms with E-state index in [0.29, 0.717) is 24.2 Å². The lowest BCUT2D eigenvalue weighted by Gasteiger charge is -2.17. The Labute approximate surface area is 328 Å². The quantitative estimate of drug-likeness (QED) is 0.114. The molecule has 0 heterocycles. The molecule has 0 aliphatic heterocycles. The lowest BCUT2D eigenvalue weighted by molar-refractivity contribution is 0.341. The van der Waals surface area contributed by atoms with Crippen molar-refractivity contribution in [3.63, 3.8) is 0 Å². The highest BCUT2D eigenvalue weighted by Gasteiger charge is 2.27. The van der Waals surface area contributed by atoms with Crippen LogP contribution in [0.25, 0.3) is 0 Å². The highest BCUT2D eigenvalue weighted by atomic mass is 32.2. The van der Waals surface area contributed by atoms with Crippen LogP contribution in [0.3, 0.4) is 0 Å². The fourth-order valence-electron chi connectivity index (χ4n) is 6.28. The third-order valence-electron chi connectivity index (χ3n) is 9.55. The van der Waals surface area contributed by atoms with Crippen molar-refractivity contribution in [3.8, 4) is 0 Å². The molecule has 7 heteroatoms. The summed E-state index contributed by atoms with van der Waals surface area (Å²) in [6, 6.07) is 17.2. The third-order valence-corrected chi connectivity index (χ3v) is 13.6. The van der Waals surface area contributed by atoms with Crippen LogP contribution in [-0.4, -0.2) is 39.0 Å². The molecule has 54 heavy (non-hydrogen) atoms. The van der Waals surface area contributed by atoms with Gasteiger partial charge >= 0.3 is 0 Å². The maximum Gasteiger partial charge on any atom is 0.185 e. The molecule has 0 bridgehead atoms. The fourth-order valence-corrected chi connectivity index (χ4v) is 9.84. The Kier molecular flexibility index (Phi) is 20.8. The average molecular weight is 775 g/mol. The molecule has 296 valence electrons. The van der Waals surface area contributed by atoms with E-state index in [4.69, 9.17) is 0 Å². The van der Waals surface area contributed by atoms with Gasteiger partial charge in [0, 0.05) is 0 Å². The van der Waals surface area contributed by atoms with Gasteiger partial charge < -0.3 is 5.11 Å². The first-order chi connectivity index (χ1) is 25.6. The first-order valence-corrected chi connectivity index (χ1v) is 22.4. The van der Waals surface area contributed by atoms with E-state index < -0.39 is 30.2 Å². The van der Waals surface area contributed by atoms with Crippen LogP contribution in [0.5, 0.6) is 0 Å². The van der Waals surface area contributed by atoms with Gasteiger partial charge in [0.1, 0.15) is 0 Å². The molecular weight excluding hydrogens is 709 g/mol. The SMILES string of the molecule is CC(C)=CCC/C(C)=C/CC/C(C)=C/CC/C(C)=C/C(C/C(C)=C/CC/C(C)=C/C(C/C(C)=C/CO)S(=O)(=O)c1ccccc1)S(=O)(=O)c1ccccc1. The van der Waals surface area contributed by atoms with Gasteiger partial charge in [-0.1, -0.05) is 118 Å². The smallest absolute Gasteiger partial charge is 0.185 e. The lowest BCUT2D eigenvalue weighted by atomic mass is 10.0. The normalized spacial score (nSPS) is 15.3. The standard InChI is InChI=1S/C47H66O5S2/c1-37(2)19-15-20-38(3)21-16-22-39(4)23-17-24-40(5)33-46(53(49,50)44-27-11-9-12-28-44)34-41(6)25-18-26-42(7)35-47(36-43(8)31-32-48)54(51,52)45-29-13-10-14-30-45/h9-14,19,21,23,25,27-31,33,35,46-48H,15-18,20,22,24,26,32,34,36H2,1-8H3/b38-21+,39-23+,40-33+,41-25+,42-35+,43-31+. The molecular formula is C47H66O5S2. The first kappa shape index (κ1) is 46.6. The van der Waals surface area contributed by atoms with Crippen LogP contribution in [0.1, 0.15) is 120 Å². The van der Waals surface area contributed by atoms with Crippen molar-refractivity contribution >= 4 is 19.7 Å². The summed E-state index contributed by atoms with van der Waals surface area (Å²) in [5, 5.41) is 7.92. The van der Waals surface area contributed by atoms with Crippen LogP contribution in [0.4, 0.5) is 0 Å². The van der Waals surface area contributed by atoms with Gasteiger partial charge in [-0.05, 0) is 144 Å². The summed E-state index contributed by atoms with van der Waals surface area (Å²) in [5.74, 6) is 0. The Morgan fingerprint density at radius 2 is 0.815 bits per heavy atom. The summed E-state index contributed by atoms with van der Waals surface area (Å²) in [7, 11) is -7.27. The maximum absolute atomic E-state index is 13.9. The van der Waals surface area contributed by atoms with Gasteiger partial charge in [0.15, 0.2) is 19.7 Å². The number of aliphatic hydroxyl groups is 1. The molecule has 0 aliphatic carbocycles. The molecule has 1 N–H and O–H groups in total. The molecule has 2 unspecified atom stereocenters. The maximum atomic E-state index is 13.9. The second-order valence-corrected chi connectivity index (χ2v) is 19.4. The molecule has 0 spiro atoms. The van der Waals surface area contributed by atoms with Crippen LogP contribution in [0, 0.1) is 0 Å². The third kappa shape index (κ3) is 17.3. The molecule has 0 amide bonds. The zero-order valence-electron chi connectivity index (χ0n) is 34.1. The number of hydrogen-bond acceptors (Lipinski definition) is 5. The van der Waals surface area contributed by atoms with Crippen LogP contribution in [0.2, 0.25) is 0 Å². The molecule has 0 saturated heterocycles. The van der Waals surface area contributed by atoms with Gasteiger partial charge in [-0.2, -0.15) is 0 Å². The van der Waals surface area contributed by atoms with Gasteiger partial charge in [0.2, 0.25) is 0 Å². The fraction of sp³-hybridized carbons (Fsp3) is 0.447. The Bertz CT molecular complexity index is 1890. The monoisotopic (exact) mass is 774 g/mol. The minimum atomic E-state index is -3.64. The van der Waals surface area contributed by atoms with E-state index in [1.807, 2.05) is 45.9 Å². The molecule has 2 rings (SSSR count). The minimum Gasteiger partial charge on any atom is -0.392 e. The molecule has 5 nitrogen and oxygen atoms in total. The van der Waals surface area contributed by atoms with Gasteiger partial charge in [-0.3, -0.25) is 0 Å². The highest BCUT2D eigenvalue weighted by molar-refractivity contribution is 7.92. The number of hydrogen-bond donors (Lipinski definition) is 1. The zero-order valence-corrected chi connectivity index (χ0v) is 35.8. The second-order valence-electron chi connectivity index (χ2n) is 15.0. The van der Waals surface area contributed by atoms with Crippen molar-refractivity contribution in [1.82, 2.24) is 0 Å². The topological polar surface area (TPSA) is 88.5 Å². The van der Waals surface area contributed by atoms with Crippen LogP contribution in [0.15, 0.2) is 152 Å². The van der Waals surface area contributed by atoms with Crippen LogP contribution in [-0.2, 0) is 19.7 Å². The van der Waals surface area contributed by atoms with Gasteiger partial charge in [0.25, 0.3) is 0 Å². The zero-order chi connectivity index (χ0) is 40.1. The molecule has 0 fully saturated rings. The molecule has 2 atom stereocenters. The largest absolute Gasteiger partial charge is 0.392 e. The number of benzene rings is 2. The summed E-state index contributed by atoms with van der Waals surface area (Å²) in [4.78, 5) is 0.595. The first-order valence-electron chi connectivity index (χ1n) is 19.4. The molecule has 2 aromatic rings. The van der Waals surface area contributed by atoms with Gasteiger partial charge in [0.05, 0.1) is 26.9 Å². The number of rotatable bonds is 23. The van der Waals surface area contributed by atoms with Gasteiger partial charge in [-0.15, -0.1) is 0 Å². The predicted molar refractivity (Wildman–Crippen MR) is 230 cm³/mol. The van der Waals surface area contributed by atoms with Crippen molar-refractivity contribution in [2.45, 2.75) is 140 Å². The number of sulfone groups is 2. The minimum absolute atomic E-state index is 0.140.